The molecule has 1 aliphatic rings. The van der Waals surface area contributed by atoms with Crippen LogP contribution in [0.1, 0.15) is 11.6 Å². The molecule has 76 valence electrons. The summed E-state index contributed by atoms with van der Waals surface area (Å²) in [6.45, 7) is 2.02. The summed E-state index contributed by atoms with van der Waals surface area (Å²) >= 11 is 5.86. The highest BCUT2D eigenvalue weighted by Gasteiger charge is 2.19. The Kier molecular flexibility index (Phi) is 3.01. The highest BCUT2D eigenvalue weighted by Crippen LogP contribution is 2.26. The Labute approximate surface area is 87.0 Å². The van der Waals surface area contributed by atoms with Crippen LogP contribution in [0.15, 0.2) is 18.2 Å². The van der Waals surface area contributed by atoms with E-state index in [9.17, 15) is 4.39 Å². The van der Waals surface area contributed by atoms with Crippen molar-refractivity contribution >= 4 is 11.6 Å². The summed E-state index contributed by atoms with van der Waals surface area (Å²) in [5, 5.41) is 3.42. The largest absolute Gasteiger partial charge is 0.378 e. The van der Waals surface area contributed by atoms with E-state index in [1.54, 1.807) is 6.07 Å². The van der Waals surface area contributed by atoms with Crippen molar-refractivity contribution in [3.8, 4) is 0 Å². The molecule has 1 atom stereocenters. The predicted octanol–water partition coefficient (Wildman–Crippen LogP) is 2.14. The number of rotatable bonds is 1. The molecule has 0 saturated carbocycles. The fourth-order valence-corrected chi connectivity index (χ4v) is 1.81. The van der Waals surface area contributed by atoms with Crippen molar-refractivity contribution in [2.45, 2.75) is 6.04 Å². The first-order valence-electron chi connectivity index (χ1n) is 4.54. The molecule has 4 heteroatoms. The van der Waals surface area contributed by atoms with E-state index in [4.69, 9.17) is 16.3 Å². The summed E-state index contributed by atoms with van der Waals surface area (Å²) < 4.78 is 18.4. The number of nitrogens with one attached hydrogen (secondary N) is 1. The molecular weight excluding hydrogens is 205 g/mol. The molecule has 0 radical (unpaired) electrons. The minimum absolute atomic E-state index is 0.00644. The standard InChI is InChI=1S/C10H11ClFNO/c11-10-7(2-1-3-8(10)12)9-6-14-5-4-13-9/h1-3,9,13H,4-6H2/t9-/m1/s1. The average Bonchev–Trinajstić information content (AvgIpc) is 2.23. The van der Waals surface area contributed by atoms with Crippen molar-refractivity contribution in [1.82, 2.24) is 5.32 Å². The Hall–Kier alpha value is -0.640. The van der Waals surface area contributed by atoms with E-state index in [0.29, 0.717) is 13.2 Å². The van der Waals surface area contributed by atoms with Crippen LogP contribution in [0.4, 0.5) is 4.39 Å². The summed E-state index contributed by atoms with van der Waals surface area (Å²) in [6, 6.07) is 4.84. The van der Waals surface area contributed by atoms with Crippen LogP contribution in [0, 0.1) is 5.82 Å². The third-order valence-electron chi connectivity index (χ3n) is 2.28. The summed E-state index contributed by atoms with van der Waals surface area (Å²) in [7, 11) is 0. The molecule has 0 unspecified atom stereocenters. The van der Waals surface area contributed by atoms with Gasteiger partial charge in [-0.25, -0.2) is 4.39 Å². The van der Waals surface area contributed by atoms with Gasteiger partial charge >= 0.3 is 0 Å². The second-order valence-corrected chi connectivity index (χ2v) is 3.60. The second-order valence-electron chi connectivity index (χ2n) is 3.22. The van der Waals surface area contributed by atoms with Crippen LogP contribution in [0.5, 0.6) is 0 Å². The number of hydrogen-bond donors (Lipinski definition) is 1. The molecule has 14 heavy (non-hydrogen) atoms. The van der Waals surface area contributed by atoms with Gasteiger partial charge < -0.3 is 10.1 Å². The number of ether oxygens (including phenoxy) is 1. The zero-order valence-electron chi connectivity index (χ0n) is 7.59. The van der Waals surface area contributed by atoms with Gasteiger partial charge in [-0.15, -0.1) is 0 Å². The Morgan fingerprint density at radius 3 is 3.07 bits per heavy atom. The minimum atomic E-state index is -0.378. The minimum Gasteiger partial charge on any atom is -0.378 e. The van der Waals surface area contributed by atoms with Gasteiger partial charge in [-0.2, -0.15) is 0 Å². The van der Waals surface area contributed by atoms with E-state index >= 15 is 0 Å². The molecule has 1 heterocycles. The SMILES string of the molecule is Fc1cccc([C@H]2COCCN2)c1Cl. The second kappa shape index (κ2) is 4.26. The van der Waals surface area contributed by atoms with Gasteiger partial charge in [-0.05, 0) is 11.6 Å². The van der Waals surface area contributed by atoms with Gasteiger partial charge in [0.05, 0.1) is 24.3 Å². The molecule has 1 saturated heterocycles. The Morgan fingerprint density at radius 2 is 2.36 bits per heavy atom. The van der Waals surface area contributed by atoms with Crippen LogP contribution in [-0.4, -0.2) is 19.8 Å². The van der Waals surface area contributed by atoms with Crippen molar-refractivity contribution in [1.29, 1.82) is 0 Å². The zero-order chi connectivity index (χ0) is 9.97. The lowest BCUT2D eigenvalue weighted by molar-refractivity contribution is 0.0768. The van der Waals surface area contributed by atoms with Crippen LogP contribution in [0.25, 0.3) is 0 Å². The summed E-state index contributed by atoms with van der Waals surface area (Å²) in [5.74, 6) is -0.378. The van der Waals surface area contributed by atoms with Crippen molar-refractivity contribution in [3.63, 3.8) is 0 Å². The van der Waals surface area contributed by atoms with Gasteiger partial charge in [-0.3, -0.25) is 0 Å². The Morgan fingerprint density at radius 1 is 1.50 bits per heavy atom. The first kappa shape index (κ1) is 9.90. The first-order chi connectivity index (χ1) is 6.79. The molecule has 1 aromatic rings. The third kappa shape index (κ3) is 1.90. The first-order valence-corrected chi connectivity index (χ1v) is 4.92. The molecule has 0 aromatic heterocycles. The lowest BCUT2D eigenvalue weighted by atomic mass is 10.1. The number of benzene rings is 1. The monoisotopic (exact) mass is 215 g/mol. The van der Waals surface area contributed by atoms with Crippen molar-refractivity contribution in [3.05, 3.63) is 34.6 Å². The molecule has 1 N–H and O–H groups in total. The van der Waals surface area contributed by atoms with Crippen LogP contribution in [0.3, 0.4) is 0 Å². The van der Waals surface area contributed by atoms with E-state index in [-0.39, 0.29) is 16.9 Å². The van der Waals surface area contributed by atoms with Crippen LogP contribution in [-0.2, 0) is 4.74 Å². The Balaban J connectivity index is 2.26. The topological polar surface area (TPSA) is 21.3 Å². The van der Waals surface area contributed by atoms with Gasteiger partial charge in [0.2, 0.25) is 0 Å². The molecule has 1 fully saturated rings. The zero-order valence-corrected chi connectivity index (χ0v) is 8.35. The van der Waals surface area contributed by atoms with Crippen molar-refractivity contribution < 1.29 is 9.13 Å². The quantitative estimate of drug-likeness (QED) is 0.775. The maximum atomic E-state index is 13.1. The molecule has 0 amide bonds. The van der Waals surface area contributed by atoms with E-state index in [0.717, 1.165) is 12.1 Å². The van der Waals surface area contributed by atoms with Gasteiger partial charge in [0.1, 0.15) is 5.82 Å². The molecule has 2 rings (SSSR count). The molecule has 0 aliphatic carbocycles. The van der Waals surface area contributed by atoms with Crippen LogP contribution in [0.2, 0.25) is 5.02 Å². The lowest BCUT2D eigenvalue weighted by Gasteiger charge is -2.24. The molecule has 0 bridgehead atoms. The maximum absolute atomic E-state index is 13.1. The van der Waals surface area contributed by atoms with Gasteiger partial charge in [-0.1, -0.05) is 23.7 Å². The van der Waals surface area contributed by atoms with Gasteiger partial charge in [0, 0.05) is 6.54 Å². The molecule has 1 aliphatic heterocycles. The van der Waals surface area contributed by atoms with E-state index < -0.39 is 0 Å². The smallest absolute Gasteiger partial charge is 0.142 e. The highest BCUT2D eigenvalue weighted by atomic mass is 35.5. The predicted molar refractivity (Wildman–Crippen MR) is 53.0 cm³/mol. The molecular formula is C10H11ClFNO. The van der Waals surface area contributed by atoms with E-state index in [1.807, 2.05) is 6.07 Å². The van der Waals surface area contributed by atoms with E-state index in [1.165, 1.54) is 6.07 Å². The molecule has 2 nitrogen and oxygen atoms in total. The van der Waals surface area contributed by atoms with Crippen molar-refractivity contribution in [2.75, 3.05) is 19.8 Å². The highest BCUT2D eigenvalue weighted by molar-refractivity contribution is 6.31. The van der Waals surface area contributed by atoms with E-state index in [2.05, 4.69) is 5.32 Å². The molecule has 0 spiro atoms. The summed E-state index contributed by atoms with van der Waals surface area (Å²) in [4.78, 5) is 0. The number of morpholine rings is 1. The summed E-state index contributed by atoms with van der Waals surface area (Å²) in [6.07, 6.45) is 0. The molecule has 1 aromatic carbocycles. The fourth-order valence-electron chi connectivity index (χ4n) is 1.55. The van der Waals surface area contributed by atoms with Crippen molar-refractivity contribution in [2.24, 2.45) is 0 Å². The average molecular weight is 216 g/mol. The summed E-state index contributed by atoms with van der Waals surface area (Å²) in [5.41, 5.74) is 0.770. The van der Waals surface area contributed by atoms with Gasteiger partial charge in [0.25, 0.3) is 0 Å². The van der Waals surface area contributed by atoms with Crippen LogP contribution >= 0.6 is 11.6 Å². The number of hydrogen-bond acceptors (Lipinski definition) is 2. The number of halogens is 2. The fraction of sp³-hybridized carbons (Fsp3) is 0.400. The Bertz CT molecular complexity index is 326. The third-order valence-corrected chi connectivity index (χ3v) is 2.68. The normalized spacial score (nSPS) is 22.3. The van der Waals surface area contributed by atoms with Crippen LogP contribution < -0.4 is 5.32 Å². The van der Waals surface area contributed by atoms with Gasteiger partial charge in [0.15, 0.2) is 0 Å². The lowest BCUT2D eigenvalue weighted by Crippen LogP contribution is -2.34. The maximum Gasteiger partial charge on any atom is 0.142 e.